The van der Waals surface area contributed by atoms with E-state index in [9.17, 15) is 9.59 Å². The van der Waals surface area contributed by atoms with E-state index in [-0.39, 0.29) is 5.78 Å². The summed E-state index contributed by atoms with van der Waals surface area (Å²) in [5, 5.41) is 0. The van der Waals surface area contributed by atoms with Crippen molar-refractivity contribution < 1.29 is 23.8 Å². The highest BCUT2D eigenvalue weighted by Crippen LogP contribution is 2.18. The molecule has 0 saturated heterocycles. The van der Waals surface area contributed by atoms with Gasteiger partial charge in [-0.3, -0.25) is 4.79 Å². The Kier molecular flexibility index (Phi) is 6.43. The van der Waals surface area contributed by atoms with Crippen molar-refractivity contribution in [2.45, 2.75) is 0 Å². The molecule has 0 amide bonds. The molecular formula is C24H20O5. The summed E-state index contributed by atoms with van der Waals surface area (Å²) in [6, 6.07) is 20.5. The molecule has 5 nitrogen and oxygen atoms in total. The molecule has 0 spiro atoms. The third-order valence-corrected chi connectivity index (χ3v) is 4.20. The molecule has 0 atom stereocenters. The molecule has 3 aromatic carbocycles. The van der Waals surface area contributed by atoms with Gasteiger partial charge in [-0.1, -0.05) is 18.2 Å². The molecule has 3 rings (SSSR count). The van der Waals surface area contributed by atoms with Crippen LogP contribution in [0.4, 0.5) is 0 Å². The zero-order valence-corrected chi connectivity index (χ0v) is 16.1. The Morgan fingerprint density at radius 2 is 1.31 bits per heavy atom. The molecule has 0 unspecified atom stereocenters. The van der Waals surface area contributed by atoms with E-state index >= 15 is 0 Å². The highest BCUT2D eigenvalue weighted by atomic mass is 16.5. The van der Waals surface area contributed by atoms with Gasteiger partial charge in [0.15, 0.2) is 5.78 Å². The fourth-order valence-corrected chi connectivity index (χ4v) is 2.60. The Morgan fingerprint density at radius 1 is 0.724 bits per heavy atom. The van der Waals surface area contributed by atoms with Crippen LogP contribution in [-0.2, 0) is 0 Å². The second kappa shape index (κ2) is 9.37. The number of allylic oxidation sites excluding steroid dienone is 1. The standard InChI is InChI=1S/C24H20O5/c1-27-20-11-7-18(8-12-20)23(25)15-6-17-4-3-5-22(16-17)29-24(26)19-9-13-21(28-2)14-10-19/h3-16H,1-2H3. The third kappa shape index (κ3) is 5.32. The van der Waals surface area contributed by atoms with Crippen LogP contribution in [0.15, 0.2) is 78.9 Å². The predicted molar refractivity (Wildman–Crippen MR) is 111 cm³/mol. The Balaban J connectivity index is 1.67. The first kappa shape index (κ1) is 19.9. The minimum Gasteiger partial charge on any atom is -0.497 e. The monoisotopic (exact) mass is 388 g/mol. The normalized spacial score (nSPS) is 10.6. The molecule has 0 aromatic heterocycles. The van der Waals surface area contributed by atoms with Gasteiger partial charge < -0.3 is 14.2 Å². The molecule has 0 aliphatic rings. The first-order chi connectivity index (χ1) is 14.1. The number of ketones is 1. The van der Waals surface area contributed by atoms with Gasteiger partial charge in [0, 0.05) is 5.56 Å². The fraction of sp³-hybridized carbons (Fsp3) is 0.0833. The van der Waals surface area contributed by atoms with Gasteiger partial charge in [0.25, 0.3) is 0 Å². The van der Waals surface area contributed by atoms with E-state index in [0.717, 1.165) is 5.56 Å². The summed E-state index contributed by atoms with van der Waals surface area (Å²) in [5.74, 6) is 1.15. The van der Waals surface area contributed by atoms with Gasteiger partial charge in [-0.05, 0) is 72.3 Å². The maximum Gasteiger partial charge on any atom is 0.343 e. The van der Waals surface area contributed by atoms with Crippen molar-refractivity contribution in [1.82, 2.24) is 0 Å². The quantitative estimate of drug-likeness (QED) is 0.251. The molecule has 0 aliphatic carbocycles. The van der Waals surface area contributed by atoms with Crippen LogP contribution < -0.4 is 14.2 Å². The van der Waals surface area contributed by atoms with Gasteiger partial charge in [0.1, 0.15) is 17.2 Å². The summed E-state index contributed by atoms with van der Waals surface area (Å²) in [7, 11) is 3.14. The first-order valence-corrected chi connectivity index (χ1v) is 8.92. The summed E-state index contributed by atoms with van der Waals surface area (Å²) in [6.45, 7) is 0. The molecule has 29 heavy (non-hydrogen) atoms. The van der Waals surface area contributed by atoms with E-state index < -0.39 is 5.97 Å². The molecular weight excluding hydrogens is 368 g/mol. The summed E-state index contributed by atoms with van der Waals surface area (Å²) in [5.41, 5.74) is 1.72. The van der Waals surface area contributed by atoms with Crippen molar-refractivity contribution in [2.75, 3.05) is 14.2 Å². The molecule has 0 saturated carbocycles. The third-order valence-electron chi connectivity index (χ3n) is 4.20. The molecule has 0 radical (unpaired) electrons. The van der Waals surface area contributed by atoms with Crippen molar-refractivity contribution in [2.24, 2.45) is 0 Å². The maximum atomic E-state index is 12.3. The van der Waals surface area contributed by atoms with Crippen LogP contribution >= 0.6 is 0 Å². The van der Waals surface area contributed by atoms with Crippen LogP contribution in [0.1, 0.15) is 26.3 Å². The van der Waals surface area contributed by atoms with E-state index in [1.54, 1.807) is 87.0 Å². The van der Waals surface area contributed by atoms with Gasteiger partial charge in [-0.25, -0.2) is 4.79 Å². The number of ether oxygens (including phenoxy) is 3. The van der Waals surface area contributed by atoms with Crippen LogP contribution in [0, 0.1) is 0 Å². The van der Waals surface area contributed by atoms with E-state index in [0.29, 0.717) is 28.4 Å². The highest BCUT2D eigenvalue weighted by Gasteiger charge is 2.09. The van der Waals surface area contributed by atoms with E-state index in [1.165, 1.54) is 6.08 Å². The predicted octanol–water partition coefficient (Wildman–Crippen LogP) is 4.82. The van der Waals surface area contributed by atoms with Crippen molar-refractivity contribution in [3.8, 4) is 17.2 Å². The average molecular weight is 388 g/mol. The van der Waals surface area contributed by atoms with Crippen LogP contribution in [0.25, 0.3) is 6.08 Å². The zero-order valence-electron chi connectivity index (χ0n) is 16.1. The van der Waals surface area contributed by atoms with E-state index in [2.05, 4.69) is 0 Å². The lowest BCUT2D eigenvalue weighted by Gasteiger charge is -2.06. The number of methoxy groups -OCH3 is 2. The number of rotatable bonds is 7. The van der Waals surface area contributed by atoms with Crippen LogP contribution in [0.3, 0.4) is 0 Å². The highest BCUT2D eigenvalue weighted by molar-refractivity contribution is 6.06. The van der Waals surface area contributed by atoms with Crippen molar-refractivity contribution in [3.05, 3.63) is 95.6 Å². The van der Waals surface area contributed by atoms with Gasteiger partial charge in [-0.2, -0.15) is 0 Å². The molecule has 5 heteroatoms. The smallest absolute Gasteiger partial charge is 0.343 e. The number of carbonyl (C=O) groups excluding carboxylic acids is 2. The second-order valence-electron chi connectivity index (χ2n) is 6.12. The number of hydrogen-bond acceptors (Lipinski definition) is 5. The van der Waals surface area contributed by atoms with Gasteiger partial charge in [0.05, 0.1) is 19.8 Å². The topological polar surface area (TPSA) is 61.8 Å². The van der Waals surface area contributed by atoms with Crippen LogP contribution in [0.5, 0.6) is 17.2 Å². The molecule has 0 aliphatic heterocycles. The molecule has 146 valence electrons. The van der Waals surface area contributed by atoms with Crippen LogP contribution in [-0.4, -0.2) is 26.0 Å². The Bertz CT molecular complexity index is 1020. The molecule has 0 heterocycles. The first-order valence-electron chi connectivity index (χ1n) is 8.92. The SMILES string of the molecule is COc1ccc(C(=O)C=Cc2cccc(OC(=O)c3ccc(OC)cc3)c2)cc1. The lowest BCUT2D eigenvalue weighted by atomic mass is 10.1. The maximum absolute atomic E-state index is 12.3. The van der Waals surface area contributed by atoms with Crippen molar-refractivity contribution in [3.63, 3.8) is 0 Å². The number of benzene rings is 3. The van der Waals surface area contributed by atoms with Gasteiger partial charge in [0.2, 0.25) is 0 Å². The molecule has 0 fully saturated rings. The summed E-state index contributed by atoms with van der Waals surface area (Å²) < 4.78 is 15.6. The minimum absolute atomic E-state index is 0.131. The molecule has 0 N–H and O–H groups in total. The van der Waals surface area contributed by atoms with Crippen molar-refractivity contribution in [1.29, 1.82) is 0 Å². The summed E-state index contributed by atoms with van der Waals surface area (Å²) in [4.78, 5) is 24.6. The molecule has 0 bridgehead atoms. The Hall–Kier alpha value is -3.86. The van der Waals surface area contributed by atoms with E-state index in [1.807, 2.05) is 6.07 Å². The van der Waals surface area contributed by atoms with Crippen LogP contribution in [0.2, 0.25) is 0 Å². The molecule has 3 aromatic rings. The lowest BCUT2D eigenvalue weighted by molar-refractivity contribution is 0.0734. The zero-order chi connectivity index (χ0) is 20.6. The minimum atomic E-state index is -0.469. The number of esters is 1. The average Bonchev–Trinajstić information content (AvgIpc) is 2.77. The Labute approximate surface area is 169 Å². The number of hydrogen-bond donors (Lipinski definition) is 0. The van der Waals surface area contributed by atoms with Crippen molar-refractivity contribution >= 4 is 17.8 Å². The lowest BCUT2D eigenvalue weighted by Crippen LogP contribution is -2.08. The van der Waals surface area contributed by atoms with Gasteiger partial charge in [-0.15, -0.1) is 0 Å². The fourth-order valence-electron chi connectivity index (χ4n) is 2.60. The Morgan fingerprint density at radius 3 is 1.90 bits per heavy atom. The summed E-state index contributed by atoms with van der Waals surface area (Å²) >= 11 is 0. The summed E-state index contributed by atoms with van der Waals surface area (Å²) in [6.07, 6.45) is 3.16. The number of carbonyl (C=O) groups is 2. The largest absolute Gasteiger partial charge is 0.497 e. The van der Waals surface area contributed by atoms with E-state index in [4.69, 9.17) is 14.2 Å². The van der Waals surface area contributed by atoms with Gasteiger partial charge >= 0.3 is 5.97 Å². The second-order valence-corrected chi connectivity index (χ2v) is 6.12.